The Balaban J connectivity index is 2.35. The second-order valence-electron chi connectivity index (χ2n) is 4.17. The van der Waals surface area contributed by atoms with E-state index in [1.807, 2.05) is 0 Å². The van der Waals surface area contributed by atoms with Crippen LogP contribution in [0.5, 0.6) is 5.75 Å². The van der Waals surface area contributed by atoms with Crippen LogP contribution in [0.25, 0.3) is 0 Å². The van der Waals surface area contributed by atoms with Crippen molar-refractivity contribution in [3.63, 3.8) is 0 Å². The predicted molar refractivity (Wildman–Crippen MR) is 80.6 cm³/mol. The molecule has 22 heavy (non-hydrogen) atoms. The van der Waals surface area contributed by atoms with E-state index < -0.39 is 11.7 Å². The number of nitrogens with one attached hydrogen (secondary N) is 2. The minimum atomic E-state index is -4.52. The van der Waals surface area contributed by atoms with Crippen molar-refractivity contribution in [3.05, 3.63) is 34.4 Å². The van der Waals surface area contributed by atoms with E-state index >= 15 is 0 Å². The van der Waals surface area contributed by atoms with Crippen LogP contribution in [0.3, 0.4) is 0 Å². The molecular weight excluding hydrogens is 365 g/mol. The number of halogens is 4. The van der Waals surface area contributed by atoms with Gasteiger partial charge in [0.2, 0.25) is 5.95 Å². The van der Waals surface area contributed by atoms with E-state index in [-0.39, 0.29) is 11.8 Å². The standard InChI is InChI=1S/C13H12BrF3N4O/c1-18-11-8(13(15,16)17)6-19-12(21-11)20-10-5-7(22-2)3-4-9(10)14/h3-6H,1-2H3,(H2,18,19,20,21). The SMILES string of the molecule is CNc1nc(Nc2cc(OC)ccc2Br)ncc1C(F)(F)F. The van der Waals surface area contributed by atoms with Gasteiger partial charge in [-0.05, 0) is 28.1 Å². The van der Waals surface area contributed by atoms with Crippen LogP contribution < -0.4 is 15.4 Å². The highest BCUT2D eigenvalue weighted by Gasteiger charge is 2.35. The Labute approximate surface area is 133 Å². The van der Waals surface area contributed by atoms with Gasteiger partial charge in [0.15, 0.2) is 0 Å². The molecule has 0 saturated heterocycles. The van der Waals surface area contributed by atoms with Gasteiger partial charge in [-0.3, -0.25) is 0 Å². The maximum absolute atomic E-state index is 12.8. The Morgan fingerprint density at radius 1 is 1.27 bits per heavy atom. The summed E-state index contributed by atoms with van der Waals surface area (Å²) in [6.07, 6.45) is -3.79. The molecule has 0 amide bonds. The average molecular weight is 377 g/mol. The van der Waals surface area contributed by atoms with Gasteiger partial charge in [0.05, 0.1) is 12.8 Å². The summed E-state index contributed by atoms with van der Waals surface area (Å²) in [6.45, 7) is 0. The molecule has 118 valence electrons. The van der Waals surface area contributed by atoms with E-state index in [0.29, 0.717) is 15.9 Å². The third-order valence-corrected chi connectivity index (χ3v) is 3.44. The van der Waals surface area contributed by atoms with Gasteiger partial charge in [0.1, 0.15) is 17.1 Å². The molecule has 9 heteroatoms. The lowest BCUT2D eigenvalue weighted by Gasteiger charge is -2.13. The largest absolute Gasteiger partial charge is 0.497 e. The second-order valence-corrected chi connectivity index (χ2v) is 5.03. The number of nitrogens with zero attached hydrogens (tertiary/aromatic N) is 2. The summed E-state index contributed by atoms with van der Waals surface area (Å²) in [4.78, 5) is 7.54. The molecule has 0 spiro atoms. The summed E-state index contributed by atoms with van der Waals surface area (Å²) in [5, 5.41) is 5.26. The van der Waals surface area contributed by atoms with Gasteiger partial charge < -0.3 is 15.4 Å². The number of ether oxygens (including phenoxy) is 1. The van der Waals surface area contributed by atoms with Crippen LogP contribution in [0.2, 0.25) is 0 Å². The Bertz CT molecular complexity index is 679. The third-order valence-electron chi connectivity index (χ3n) is 2.75. The normalized spacial score (nSPS) is 11.2. The summed E-state index contributed by atoms with van der Waals surface area (Å²) in [5.74, 6) is 0.321. The maximum Gasteiger partial charge on any atom is 0.421 e. The summed E-state index contributed by atoms with van der Waals surface area (Å²) in [6, 6.07) is 5.15. The van der Waals surface area contributed by atoms with Gasteiger partial charge in [-0.1, -0.05) is 0 Å². The summed E-state index contributed by atoms with van der Waals surface area (Å²) < 4.78 is 44.2. The van der Waals surface area contributed by atoms with Crippen molar-refractivity contribution in [1.29, 1.82) is 0 Å². The summed E-state index contributed by atoms with van der Waals surface area (Å²) >= 11 is 3.33. The molecule has 0 radical (unpaired) electrons. The third kappa shape index (κ3) is 3.59. The Morgan fingerprint density at radius 2 is 2.00 bits per heavy atom. The highest BCUT2D eigenvalue weighted by atomic mass is 79.9. The van der Waals surface area contributed by atoms with Crippen molar-refractivity contribution in [3.8, 4) is 5.75 Å². The van der Waals surface area contributed by atoms with Crippen molar-refractivity contribution in [2.75, 3.05) is 24.8 Å². The number of aromatic nitrogens is 2. The van der Waals surface area contributed by atoms with E-state index in [0.717, 1.165) is 6.20 Å². The Morgan fingerprint density at radius 3 is 2.59 bits per heavy atom. The molecule has 2 aromatic rings. The van der Waals surface area contributed by atoms with E-state index in [2.05, 4.69) is 36.5 Å². The molecule has 1 aromatic heterocycles. The fraction of sp³-hybridized carbons (Fsp3) is 0.231. The van der Waals surface area contributed by atoms with Crippen LogP contribution in [-0.4, -0.2) is 24.1 Å². The second kappa shape index (κ2) is 6.39. The van der Waals surface area contributed by atoms with Crippen molar-refractivity contribution < 1.29 is 17.9 Å². The first-order valence-electron chi connectivity index (χ1n) is 6.07. The summed E-state index contributed by atoms with van der Waals surface area (Å²) in [5.41, 5.74) is -0.355. The fourth-order valence-corrected chi connectivity index (χ4v) is 2.03. The van der Waals surface area contributed by atoms with Gasteiger partial charge in [0, 0.05) is 23.8 Å². The lowest BCUT2D eigenvalue weighted by Crippen LogP contribution is -2.12. The zero-order valence-corrected chi connectivity index (χ0v) is 13.2. The van der Waals surface area contributed by atoms with E-state index in [1.54, 1.807) is 18.2 Å². The number of methoxy groups -OCH3 is 1. The lowest BCUT2D eigenvalue weighted by molar-refractivity contribution is -0.137. The van der Waals surface area contributed by atoms with Crippen molar-refractivity contribution >= 4 is 33.4 Å². The monoisotopic (exact) mass is 376 g/mol. The first-order chi connectivity index (χ1) is 10.3. The van der Waals surface area contributed by atoms with Crippen LogP contribution in [0.1, 0.15) is 5.56 Å². The number of hydrogen-bond donors (Lipinski definition) is 2. The van der Waals surface area contributed by atoms with Crippen LogP contribution in [0, 0.1) is 0 Å². The number of rotatable bonds is 4. The summed E-state index contributed by atoms with van der Waals surface area (Å²) in [7, 11) is 2.88. The number of anilines is 3. The molecule has 2 rings (SSSR count). The molecule has 0 fully saturated rings. The number of hydrogen-bond acceptors (Lipinski definition) is 5. The predicted octanol–water partition coefficient (Wildman–Crippen LogP) is 4.05. The van der Waals surface area contributed by atoms with Gasteiger partial charge in [0.25, 0.3) is 0 Å². The zero-order valence-electron chi connectivity index (χ0n) is 11.6. The Kier molecular flexibility index (Phi) is 4.74. The quantitative estimate of drug-likeness (QED) is 0.842. The van der Waals surface area contributed by atoms with Crippen molar-refractivity contribution in [1.82, 2.24) is 9.97 Å². The molecule has 1 aromatic carbocycles. The molecule has 0 atom stereocenters. The fourth-order valence-electron chi connectivity index (χ4n) is 1.69. The highest BCUT2D eigenvalue weighted by molar-refractivity contribution is 9.10. The van der Waals surface area contributed by atoms with Crippen LogP contribution in [-0.2, 0) is 6.18 Å². The van der Waals surface area contributed by atoms with E-state index in [9.17, 15) is 13.2 Å². The number of alkyl halides is 3. The van der Waals surface area contributed by atoms with Crippen molar-refractivity contribution in [2.45, 2.75) is 6.18 Å². The van der Waals surface area contributed by atoms with Gasteiger partial charge in [-0.15, -0.1) is 0 Å². The first kappa shape index (κ1) is 16.3. The highest BCUT2D eigenvalue weighted by Crippen LogP contribution is 2.34. The zero-order chi connectivity index (χ0) is 16.3. The molecule has 2 N–H and O–H groups in total. The molecule has 0 bridgehead atoms. The van der Waals surface area contributed by atoms with E-state index in [1.165, 1.54) is 14.2 Å². The molecule has 0 aliphatic rings. The molecule has 0 saturated carbocycles. The number of benzene rings is 1. The molecule has 0 aliphatic carbocycles. The minimum Gasteiger partial charge on any atom is -0.497 e. The minimum absolute atomic E-state index is 0.0336. The smallest absolute Gasteiger partial charge is 0.421 e. The van der Waals surface area contributed by atoms with Crippen LogP contribution >= 0.6 is 15.9 Å². The molecule has 0 unspecified atom stereocenters. The lowest BCUT2D eigenvalue weighted by atomic mass is 10.3. The van der Waals surface area contributed by atoms with Crippen LogP contribution in [0.4, 0.5) is 30.6 Å². The first-order valence-corrected chi connectivity index (χ1v) is 6.87. The topological polar surface area (TPSA) is 59.1 Å². The molecule has 0 aliphatic heterocycles. The molecular formula is C13H12BrF3N4O. The maximum atomic E-state index is 12.8. The van der Waals surface area contributed by atoms with Gasteiger partial charge in [-0.25, -0.2) is 4.98 Å². The van der Waals surface area contributed by atoms with Gasteiger partial charge >= 0.3 is 6.18 Å². The van der Waals surface area contributed by atoms with E-state index in [4.69, 9.17) is 4.74 Å². The molecule has 5 nitrogen and oxygen atoms in total. The Hall–Kier alpha value is -2.03. The molecule has 1 heterocycles. The average Bonchev–Trinajstić information content (AvgIpc) is 2.48. The van der Waals surface area contributed by atoms with Gasteiger partial charge in [-0.2, -0.15) is 18.2 Å². The van der Waals surface area contributed by atoms with Crippen LogP contribution in [0.15, 0.2) is 28.9 Å². The van der Waals surface area contributed by atoms with Crippen molar-refractivity contribution in [2.24, 2.45) is 0 Å².